The van der Waals surface area contributed by atoms with E-state index in [0.29, 0.717) is 5.56 Å². The molecule has 0 atom stereocenters. The quantitative estimate of drug-likeness (QED) is 0.502. The highest BCUT2D eigenvalue weighted by Gasteiger charge is 2.12. The van der Waals surface area contributed by atoms with Gasteiger partial charge in [-0.2, -0.15) is 0 Å². The molecule has 3 aromatic rings. The number of aryl methyl sites for hydroxylation is 1. The second kappa shape index (κ2) is 8.79. The highest BCUT2D eigenvalue weighted by molar-refractivity contribution is 8.00. The number of halogens is 1. The molecule has 1 aromatic heterocycles. The molecule has 138 valence electrons. The fraction of sp³-hybridized carbons (Fsp3) is 0.105. The summed E-state index contributed by atoms with van der Waals surface area (Å²) in [5.74, 6) is -1.09. The molecule has 0 spiro atoms. The Hall–Kier alpha value is -2.71. The van der Waals surface area contributed by atoms with Crippen molar-refractivity contribution in [2.24, 2.45) is 0 Å². The van der Waals surface area contributed by atoms with Gasteiger partial charge in [0.05, 0.1) is 5.56 Å². The zero-order valence-corrected chi connectivity index (χ0v) is 16.0. The molecule has 3 rings (SSSR count). The summed E-state index contributed by atoms with van der Waals surface area (Å²) in [6.07, 6.45) is 0. The van der Waals surface area contributed by atoms with Crippen LogP contribution in [0, 0.1) is 12.7 Å². The Bertz CT molecular complexity index is 958. The first-order valence-corrected chi connectivity index (χ1v) is 9.88. The maximum Gasteiger partial charge on any atom is 0.272 e. The maximum atomic E-state index is 13.5. The van der Waals surface area contributed by atoms with Crippen LogP contribution >= 0.6 is 23.1 Å². The number of amides is 2. The van der Waals surface area contributed by atoms with Gasteiger partial charge >= 0.3 is 0 Å². The SMILES string of the molecule is Cc1csc(SCc2ccc(C(=O)NNC(=O)c3ccccc3F)cc2)n1. The Balaban J connectivity index is 1.52. The number of thiazole rings is 1. The van der Waals surface area contributed by atoms with E-state index in [1.165, 1.54) is 18.2 Å². The molecule has 2 aromatic carbocycles. The normalized spacial score (nSPS) is 10.4. The van der Waals surface area contributed by atoms with Crippen molar-refractivity contribution in [1.82, 2.24) is 15.8 Å². The van der Waals surface area contributed by atoms with Crippen LogP contribution < -0.4 is 10.9 Å². The third-order valence-electron chi connectivity index (χ3n) is 3.58. The second-order valence-electron chi connectivity index (χ2n) is 5.63. The zero-order chi connectivity index (χ0) is 19.2. The predicted molar refractivity (Wildman–Crippen MR) is 104 cm³/mol. The summed E-state index contributed by atoms with van der Waals surface area (Å²) in [5, 5.41) is 2.01. The van der Waals surface area contributed by atoms with Crippen LogP contribution in [0.1, 0.15) is 32.0 Å². The molecule has 0 radical (unpaired) electrons. The molecule has 0 aliphatic rings. The number of nitrogens with one attached hydrogen (secondary N) is 2. The lowest BCUT2D eigenvalue weighted by atomic mass is 10.1. The fourth-order valence-electron chi connectivity index (χ4n) is 2.19. The van der Waals surface area contributed by atoms with Crippen LogP contribution in [-0.4, -0.2) is 16.8 Å². The lowest BCUT2D eigenvalue weighted by Crippen LogP contribution is -2.41. The van der Waals surface area contributed by atoms with Gasteiger partial charge in [-0.15, -0.1) is 11.3 Å². The summed E-state index contributed by atoms with van der Waals surface area (Å²) in [6, 6.07) is 12.6. The molecule has 5 nitrogen and oxygen atoms in total. The first-order chi connectivity index (χ1) is 13.0. The van der Waals surface area contributed by atoms with Crippen molar-refractivity contribution >= 4 is 34.9 Å². The Morgan fingerprint density at radius 1 is 1.07 bits per heavy atom. The summed E-state index contributed by atoms with van der Waals surface area (Å²) < 4.78 is 14.6. The highest BCUT2D eigenvalue weighted by Crippen LogP contribution is 2.26. The summed E-state index contributed by atoms with van der Waals surface area (Å²) in [4.78, 5) is 28.4. The van der Waals surface area contributed by atoms with Crippen LogP contribution in [0.2, 0.25) is 0 Å². The van der Waals surface area contributed by atoms with Gasteiger partial charge in [-0.1, -0.05) is 36.0 Å². The van der Waals surface area contributed by atoms with Gasteiger partial charge in [0.2, 0.25) is 0 Å². The Labute approximate surface area is 164 Å². The third-order valence-corrected chi connectivity index (χ3v) is 5.79. The van der Waals surface area contributed by atoms with Crippen molar-refractivity contribution in [3.8, 4) is 0 Å². The number of thioether (sulfide) groups is 1. The molecule has 0 fully saturated rings. The number of hydrogen-bond donors (Lipinski definition) is 2. The van der Waals surface area contributed by atoms with Crippen molar-refractivity contribution in [2.45, 2.75) is 17.0 Å². The van der Waals surface area contributed by atoms with E-state index in [1.54, 1.807) is 41.3 Å². The van der Waals surface area contributed by atoms with E-state index in [1.807, 2.05) is 24.4 Å². The average Bonchev–Trinajstić information content (AvgIpc) is 3.10. The van der Waals surface area contributed by atoms with Crippen LogP contribution in [-0.2, 0) is 5.75 Å². The summed E-state index contributed by atoms with van der Waals surface area (Å²) in [6.45, 7) is 1.96. The fourth-order valence-corrected chi connectivity index (χ4v) is 4.00. The predicted octanol–water partition coefficient (Wildman–Crippen LogP) is 3.96. The molecule has 0 unspecified atom stereocenters. The summed E-state index contributed by atoms with van der Waals surface area (Å²) in [5.41, 5.74) is 6.81. The molecule has 8 heteroatoms. The lowest BCUT2D eigenvalue weighted by molar-refractivity contribution is 0.0844. The van der Waals surface area contributed by atoms with E-state index in [4.69, 9.17) is 0 Å². The van der Waals surface area contributed by atoms with Gasteiger partial charge in [0.15, 0.2) is 0 Å². The molecule has 27 heavy (non-hydrogen) atoms. The first-order valence-electron chi connectivity index (χ1n) is 8.02. The maximum absolute atomic E-state index is 13.5. The van der Waals surface area contributed by atoms with Gasteiger partial charge in [0.25, 0.3) is 11.8 Å². The average molecular weight is 401 g/mol. The Morgan fingerprint density at radius 2 is 1.78 bits per heavy atom. The largest absolute Gasteiger partial charge is 0.272 e. The lowest BCUT2D eigenvalue weighted by Gasteiger charge is -2.08. The van der Waals surface area contributed by atoms with Gasteiger partial charge in [-0.3, -0.25) is 20.4 Å². The number of nitrogens with zero attached hydrogens (tertiary/aromatic N) is 1. The van der Waals surface area contributed by atoms with Gasteiger partial charge in [-0.05, 0) is 36.8 Å². The number of hydrazine groups is 1. The molecule has 0 saturated heterocycles. The number of hydrogen-bond acceptors (Lipinski definition) is 5. The second-order valence-corrected chi connectivity index (χ2v) is 7.71. The van der Waals surface area contributed by atoms with E-state index in [9.17, 15) is 14.0 Å². The van der Waals surface area contributed by atoms with Crippen molar-refractivity contribution < 1.29 is 14.0 Å². The van der Waals surface area contributed by atoms with E-state index in [-0.39, 0.29) is 5.56 Å². The molecule has 0 bridgehead atoms. The van der Waals surface area contributed by atoms with Crippen LogP contribution in [0.3, 0.4) is 0 Å². The standard InChI is InChI=1S/C19H16FN3O2S2/c1-12-10-26-19(21-12)27-11-13-6-8-14(9-7-13)17(24)22-23-18(25)15-4-2-3-5-16(15)20/h2-10H,11H2,1H3,(H,22,24)(H,23,25). The van der Waals surface area contributed by atoms with Gasteiger partial charge < -0.3 is 0 Å². The van der Waals surface area contributed by atoms with Gasteiger partial charge in [0.1, 0.15) is 10.2 Å². The molecule has 1 heterocycles. The summed E-state index contributed by atoms with van der Waals surface area (Å²) >= 11 is 3.24. The monoisotopic (exact) mass is 401 g/mol. The van der Waals surface area contributed by atoms with Gasteiger partial charge in [0, 0.05) is 22.4 Å². The molecular formula is C19H16FN3O2S2. The minimum atomic E-state index is -0.715. The molecule has 2 N–H and O–H groups in total. The van der Waals surface area contributed by atoms with Crippen LogP contribution in [0.25, 0.3) is 0 Å². The first kappa shape index (κ1) is 19.1. The number of carbonyl (C=O) groups is 2. The van der Waals surface area contributed by atoms with Gasteiger partial charge in [-0.25, -0.2) is 9.37 Å². The molecular weight excluding hydrogens is 385 g/mol. The van der Waals surface area contributed by atoms with Crippen molar-refractivity contribution in [3.05, 3.63) is 82.1 Å². The minimum absolute atomic E-state index is 0.136. The number of aromatic nitrogens is 1. The molecule has 2 amide bonds. The smallest absolute Gasteiger partial charge is 0.267 e. The van der Waals surface area contributed by atoms with Crippen LogP contribution in [0.15, 0.2) is 58.3 Å². The number of rotatable bonds is 5. The topological polar surface area (TPSA) is 71.1 Å². The van der Waals surface area contributed by atoms with Crippen LogP contribution in [0.4, 0.5) is 4.39 Å². The van der Waals surface area contributed by atoms with Crippen molar-refractivity contribution in [2.75, 3.05) is 0 Å². The molecule has 0 aliphatic heterocycles. The number of benzene rings is 2. The minimum Gasteiger partial charge on any atom is -0.267 e. The van der Waals surface area contributed by atoms with Crippen molar-refractivity contribution in [1.29, 1.82) is 0 Å². The van der Waals surface area contributed by atoms with E-state index < -0.39 is 17.6 Å². The third kappa shape index (κ3) is 5.15. The Kier molecular flexibility index (Phi) is 6.20. The van der Waals surface area contributed by atoms with E-state index in [2.05, 4.69) is 15.8 Å². The molecule has 0 saturated carbocycles. The Morgan fingerprint density at radius 3 is 2.44 bits per heavy atom. The van der Waals surface area contributed by atoms with E-state index in [0.717, 1.165) is 21.3 Å². The molecule has 0 aliphatic carbocycles. The summed E-state index contributed by atoms with van der Waals surface area (Å²) in [7, 11) is 0. The number of carbonyl (C=O) groups excluding carboxylic acids is 2. The van der Waals surface area contributed by atoms with Crippen LogP contribution in [0.5, 0.6) is 0 Å². The zero-order valence-electron chi connectivity index (χ0n) is 14.4. The highest BCUT2D eigenvalue weighted by atomic mass is 32.2. The van der Waals surface area contributed by atoms with E-state index >= 15 is 0 Å². The van der Waals surface area contributed by atoms with Crippen molar-refractivity contribution in [3.63, 3.8) is 0 Å².